The number of rotatable bonds is 15. The van der Waals surface area contributed by atoms with Gasteiger partial charge in [0.05, 0.1) is 75.2 Å². The first-order valence-electron chi connectivity index (χ1n) is 41.7. The van der Waals surface area contributed by atoms with E-state index in [0.717, 1.165) is 22.3 Å². The van der Waals surface area contributed by atoms with Crippen molar-refractivity contribution in [3.63, 3.8) is 0 Å². The average molecular weight is 1830 g/mol. The topological polar surface area (TPSA) is 390 Å². The van der Waals surface area contributed by atoms with Gasteiger partial charge < -0.3 is 90.4 Å². The Labute approximate surface area is 761 Å². The minimum Gasteiger partial charge on any atom is -0.504 e. The summed E-state index contributed by atoms with van der Waals surface area (Å²) in [7, 11) is 9.81. The average Bonchev–Trinajstić information content (AvgIpc) is 1.54. The van der Waals surface area contributed by atoms with Gasteiger partial charge in [0, 0.05) is 109 Å². The zero-order valence-electron chi connectivity index (χ0n) is 72.5. The number of carbonyl (C=O) groups is 7. The number of aryl methyl sites for hydroxylation is 2. The van der Waals surface area contributed by atoms with Crippen LogP contribution in [-0.2, 0) is 79.6 Å². The third-order valence-corrected chi connectivity index (χ3v) is 29.3. The van der Waals surface area contributed by atoms with Crippen LogP contribution >= 0.6 is 23.5 Å². The molecule has 36 heteroatoms. The van der Waals surface area contributed by atoms with E-state index in [1.165, 1.54) is 84.0 Å². The normalized spacial score (nSPS) is 25.8. The van der Waals surface area contributed by atoms with E-state index in [9.17, 15) is 44.4 Å². The molecule has 690 valence electrons. The van der Waals surface area contributed by atoms with Crippen LogP contribution in [0.15, 0.2) is 74.4 Å². The van der Waals surface area contributed by atoms with Crippen LogP contribution in [0.25, 0.3) is 0 Å². The minimum atomic E-state index is -1.51. The van der Waals surface area contributed by atoms with Crippen LogP contribution in [0.2, 0.25) is 0 Å². The first-order chi connectivity index (χ1) is 61.7. The molecule has 34 nitrogen and oxygen atoms in total. The standard InChI is InChI=1S/C48H50N4O14S.C44H46N4O12S.2CH4.H2/c1-9-13-59-46(55)65-33-17-26-11-12-50-48(28(26)18-32(33)57-7)21-67-44-36-35(42-41(62-22-63-42)24(4)40(36)64-25(5)53)31(20-61-45(48)54)52-30(19-49)29-16-27-15-23(3)39(58-8)43(66-47(56)60-14-10-2)34(27)37(38(44)52)51(29)6;1-8-11-55-43(52)60-30-14-23-9-10-46-44(25(23)15-29(30)53-6)18-61-41-33-32(40-39(57-19-58-40)21(3)38(33)59-22(4)49)28(17-56-42(44)51)48-27(16-45)26-13-24-12-20(2)37(54-7)36(50)31(24)34(35(41)48)47(26)5;;;/h9-10,15,17-18,29-31,37-38,44,50H,1-2,11-14,16,20-22H2,3-8H3;8,12,14-15,26-28,34-35,41,46,50H,1,9-11,13,17-19H2,2-7H3;2*1H4;1H/t29-,30-,31-,37+,38?,44+,48+;26-,27-,28-,34+,35?,41+,44+;;;/m00.../s1/i;;;;1+1. The Kier molecular flexibility index (Phi) is 26.1. The fourth-order valence-electron chi connectivity index (χ4n) is 21.3. The van der Waals surface area contributed by atoms with Crippen molar-refractivity contribution in [2.24, 2.45) is 0 Å². The number of methoxy groups -OCH3 is 4. The van der Waals surface area contributed by atoms with Gasteiger partial charge in [0.15, 0.2) is 80.1 Å². The number of phenols is 1. The summed E-state index contributed by atoms with van der Waals surface area (Å²) in [5.41, 5.74) is 7.72. The Balaban J connectivity index is 0.000000207. The SMILES string of the molecule is C.C.C=CCOC(=O)Oc1cc2c(cc1OC)[C@@]1(CS[C@@H]3c4c(OC(C)=O)c(C)c5c(c4[C@H](COC1=O)N1C3[C@H]3c4c(cc(C)c(OC)c4O)C[C@@H]([C@@H]1C#N)N3C)OCO5)NCC2.C=CCOC(=O)Oc1cc2c(cc1OC)[C@@]1(CS[C@@H]3c4c(OC(C)=O)c(C)c5c(c4[C@H](COC1=O)N1C3[C@H]3c4c(cc(C)c(OC)c4OC(=O)OCC=C)C[C@@H]([C@@H]1C#N)N3C)OCO5)NCC2.[2HH]. The third-order valence-electron chi connectivity index (χ3n) is 26.3. The lowest BCUT2D eigenvalue weighted by Gasteiger charge is -2.62. The number of nitrogens with one attached hydrogen (secondary N) is 2. The fraction of sp³-hybridized carbons (Fsp3) is 0.457. The maximum Gasteiger partial charge on any atom is 0.514 e. The van der Waals surface area contributed by atoms with Crippen LogP contribution in [0.5, 0.6) is 80.5 Å². The molecule has 130 heavy (non-hydrogen) atoms. The molecule has 14 atom stereocenters. The van der Waals surface area contributed by atoms with Crippen LogP contribution in [0, 0.1) is 50.4 Å². The van der Waals surface area contributed by atoms with Gasteiger partial charge in [0.25, 0.3) is 0 Å². The highest BCUT2D eigenvalue weighted by Gasteiger charge is 2.65. The van der Waals surface area contributed by atoms with Gasteiger partial charge in [-0.15, -0.1) is 23.5 Å². The number of hydrogen-bond acceptors (Lipinski definition) is 36. The second-order valence-corrected chi connectivity index (χ2v) is 35.2. The van der Waals surface area contributed by atoms with Crippen molar-refractivity contribution in [1.29, 1.82) is 10.5 Å². The summed E-state index contributed by atoms with van der Waals surface area (Å²) < 4.78 is 106. The number of thioether (sulfide) groups is 2. The van der Waals surface area contributed by atoms with Gasteiger partial charge in [-0.25, -0.2) is 24.0 Å². The number of fused-ring (bicyclic) bond motifs is 18. The van der Waals surface area contributed by atoms with Crippen LogP contribution < -0.4 is 72.2 Å². The highest BCUT2D eigenvalue weighted by atomic mass is 32.2. The summed E-state index contributed by atoms with van der Waals surface area (Å²) in [6.07, 6.45) is 3.22. The number of carbonyl (C=O) groups excluding carboxylic acids is 7. The predicted molar refractivity (Wildman–Crippen MR) is 473 cm³/mol. The monoisotopic (exact) mass is 1830 g/mol. The summed E-state index contributed by atoms with van der Waals surface area (Å²) >= 11 is 2.86. The summed E-state index contributed by atoms with van der Waals surface area (Å²) in [6, 6.07) is 9.71. The quantitative estimate of drug-likeness (QED) is 0.0282. The molecule has 6 aromatic rings. The van der Waals surface area contributed by atoms with Gasteiger partial charge in [0.2, 0.25) is 13.6 Å². The molecule has 0 saturated carbocycles. The molecule has 3 N–H and O–H groups in total. The maximum absolute atomic E-state index is 15.1. The number of phenolic OH excluding ortho intramolecular Hbond substituents is 1. The van der Waals surface area contributed by atoms with Gasteiger partial charge >= 0.3 is 42.3 Å². The number of hydrogen-bond donors (Lipinski definition) is 3. The summed E-state index contributed by atoms with van der Waals surface area (Å²) in [5, 5.41) is 40.4. The number of benzene rings is 6. The Morgan fingerprint density at radius 1 is 0.515 bits per heavy atom. The van der Waals surface area contributed by atoms with Crippen LogP contribution in [0.4, 0.5) is 14.4 Å². The van der Waals surface area contributed by atoms with Crippen molar-refractivity contribution in [2.75, 3.05) is 114 Å². The van der Waals surface area contributed by atoms with Gasteiger partial charge in [-0.1, -0.05) is 65.0 Å². The van der Waals surface area contributed by atoms with Gasteiger partial charge in [-0.05, 0) is 136 Å². The maximum atomic E-state index is 15.1. The molecule has 6 aromatic carbocycles. The molecule has 14 heterocycles. The zero-order valence-corrected chi connectivity index (χ0v) is 74.1. The molecule has 0 amide bonds. The van der Waals surface area contributed by atoms with Crippen molar-refractivity contribution >= 4 is 65.9 Å². The molecule has 20 rings (SSSR count). The van der Waals surface area contributed by atoms with Crippen LogP contribution in [0.3, 0.4) is 0 Å². The van der Waals surface area contributed by atoms with E-state index in [1.54, 1.807) is 31.2 Å². The lowest BCUT2D eigenvalue weighted by molar-refractivity contribution is -0.158. The number of likely N-dealkylation sites (N-methyl/N-ethyl adjacent to an activating group) is 2. The molecule has 2 spiro atoms. The molecule has 4 saturated heterocycles. The van der Waals surface area contributed by atoms with Crippen molar-refractivity contribution in [3.05, 3.63) is 163 Å². The van der Waals surface area contributed by atoms with Gasteiger partial charge in [-0.3, -0.25) is 39.8 Å². The van der Waals surface area contributed by atoms with Crippen molar-refractivity contribution in [2.45, 2.75) is 164 Å². The molecule has 0 radical (unpaired) electrons. The number of ether oxygens (including phenoxy) is 18. The molecule has 2 unspecified atom stereocenters. The zero-order chi connectivity index (χ0) is 90.5. The Morgan fingerprint density at radius 2 is 0.915 bits per heavy atom. The predicted octanol–water partition coefficient (Wildman–Crippen LogP) is 12.5. The fourth-order valence-corrected chi connectivity index (χ4v) is 24.7. The van der Waals surface area contributed by atoms with Crippen molar-refractivity contribution in [3.8, 4) is 92.6 Å². The number of nitrogens with zero attached hydrogens (tertiary/aromatic N) is 6. The van der Waals surface area contributed by atoms with E-state index < -0.39 is 118 Å². The second kappa shape index (κ2) is 36.7. The highest BCUT2D eigenvalue weighted by molar-refractivity contribution is 7.99. The van der Waals surface area contributed by atoms with Gasteiger partial charge in [-0.2, -0.15) is 10.5 Å². The Morgan fingerprint density at radius 3 is 1.32 bits per heavy atom. The summed E-state index contributed by atoms with van der Waals surface area (Å²) in [4.78, 5) is 103. The largest absolute Gasteiger partial charge is 0.514 e. The molecular weight excluding hydrogens is 1720 g/mol. The van der Waals surface area contributed by atoms with E-state index in [2.05, 4.69) is 62.1 Å². The van der Waals surface area contributed by atoms with Gasteiger partial charge in [0.1, 0.15) is 56.6 Å². The summed E-state index contributed by atoms with van der Waals surface area (Å²) in [6.45, 7) is 20.7. The minimum absolute atomic E-state index is 0. The number of aromatic hydroxyl groups is 1. The van der Waals surface area contributed by atoms with Crippen molar-refractivity contribution < 1.29 is 125 Å². The molecule has 8 bridgehead atoms. The molecule has 0 aromatic heterocycles. The third kappa shape index (κ3) is 14.9. The molecule has 4 fully saturated rings. The van der Waals surface area contributed by atoms with Crippen LogP contribution in [-0.4, -0.2) is 217 Å². The summed E-state index contributed by atoms with van der Waals surface area (Å²) in [5.74, 6) is 1.54. The lowest BCUT2D eigenvalue weighted by atomic mass is 9.71. The highest BCUT2D eigenvalue weighted by Crippen LogP contribution is 2.68. The van der Waals surface area contributed by atoms with E-state index >= 15 is 4.79 Å². The van der Waals surface area contributed by atoms with Crippen molar-refractivity contribution in [1.82, 2.24) is 30.2 Å². The van der Waals surface area contributed by atoms with E-state index in [1.807, 2.05) is 47.0 Å². The number of piperazine rings is 2. The number of nitriles is 2. The van der Waals surface area contributed by atoms with E-state index in [-0.39, 0.29) is 121 Å². The second-order valence-electron chi connectivity index (χ2n) is 33.0. The van der Waals surface area contributed by atoms with E-state index in [0.29, 0.717) is 146 Å². The number of esters is 4. The lowest BCUT2D eigenvalue weighted by Crippen LogP contribution is -2.69. The smallest absolute Gasteiger partial charge is 0.504 e. The molecule has 0 aliphatic carbocycles. The first kappa shape index (κ1) is 92.6. The molecule has 14 aliphatic heterocycles. The Hall–Kier alpha value is -12.1. The van der Waals surface area contributed by atoms with Crippen LogP contribution in [0.1, 0.15) is 154 Å². The molecular formula is C94H106N8O26S2. The Bertz CT molecular complexity index is 5780. The van der Waals surface area contributed by atoms with E-state index in [4.69, 9.17) is 85.3 Å². The molecule has 14 aliphatic rings. The first-order valence-corrected chi connectivity index (χ1v) is 43.8.